The summed E-state index contributed by atoms with van der Waals surface area (Å²) >= 11 is 0. The van der Waals surface area contributed by atoms with Crippen molar-refractivity contribution in [3.05, 3.63) is 47.2 Å². The first-order valence-corrected chi connectivity index (χ1v) is 9.78. The van der Waals surface area contributed by atoms with E-state index in [1.54, 1.807) is 0 Å². The van der Waals surface area contributed by atoms with Crippen LogP contribution in [-0.2, 0) is 6.18 Å². The van der Waals surface area contributed by atoms with Crippen molar-refractivity contribution in [2.75, 3.05) is 25.5 Å². The first-order chi connectivity index (χ1) is 15.8. The number of amides is 1. The number of nitrogens with one attached hydrogen (secondary N) is 1. The molecule has 1 aliphatic heterocycles. The second kappa shape index (κ2) is 9.28. The van der Waals surface area contributed by atoms with Crippen LogP contribution in [0.5, 0.6) is 11.5 Å². The maximum atomic E-state index is 13.1. The van der Waals surface area contributed by atoms with E-state index in [1.165, 1.54) is 18.1 Å². The topological polar surface area (TPSA) is 87.5 Å². The number of hydrogen-bond donors (Lipinski definition) is 1. The molecule has 3 rings (SSSR count). The van der Waals surface area contributed by atoms with Gasteiger partial charge < -0.3 is 19.7 Å². The van der Waals surface area contributed by atoms with Gasteiger partial charge in [-0.05, 0) is 31.2 Å². The molecule has 1 unspecified atom stereocenters. The number of carbonyl (C=O) groups excluding carboxylic acids is 1. The van der Waals surface area contributed by atoms with Gasteiger partial charge in [-0.1, -0.05) is 0 Å². The first-order valence-electron chi connectivity index (χ1n) is 9.78. The van der Waals surface area contributed by atoms with Crippen LogP contribution in [0, 0.1) is 11.3 Å². The Morgan fingerprint density at radius 2 is 1.88 bits per heavy atom. The molecule has 7 nitrogen and oxygen atoms in total. The van der Waals surface area contributed by atoms with E-state index in [4.69, 9.17) is 9.47 Å². The van der Waals surface area contributed by atoms with Crippen molar-refractivity contribution in [2.45, 2.75) is 31.4 Å². The summed E-state index contributed by atoms with van der Waals surface area (Å²) in [6, 6.07) is 5.74. The van der Waals surface area contributed by atoms with Crippen LogP contribution in [0.15, 0.2) is 30.5 Å². The SMILES string of the molecule is COc1c(C#N)ccc(OC(C)C(F)(F)F)c1C(=O)N1CC(Nc2ccc(C(F)(F)F)cn2)C1. The molecule has 34 heavy (non-hydrogen) atoms. The van der Waals surface area contributed by atoms with Gasteiger partial charge in [0.2, 0.25) is 0 Å². The maximum Gasteiger partial charge on any atom is 0.425 e. The zero-order valence-corrected chi connectivity index (χ0v) is 17.8. The molecule has 0 aliphatic carbocycles. The van der Waals surface area contributed by atoms with Gasteiger partial charge in [0.1, 0.15) is 23.2 Å². The minimum atomic E-state index is -4.69. The third-order valence-electron chi connectivity index (χ3n) is 5.03. The van der Waals surface area contributed by atoms with E-state index >= 15 is 0 Å². The highest BCUT2D eigenvalue weighted by molar-refractivity contribution is 6.01. The highest BCUT2D eigenvalue weighted by Gasteiger charge is 2.40. The van der Waals surface area contributed by atoms with E-state index in [9.17, 15) is 36.4 Å². The summed E-state index contributed by atoms with van der Waals surface area (Å²) in [6.45, 7) is 0.936. The number of carbonyl (C=O) groups is 1. The molecule has 2 heterocycles. The fraction of sp³-hybridized carbons (Fsp3) is 0.381. The molecule has 1 aromatic heterocycles. The lowest BCUT2D eigenvalue weighted by Gasteiger charge is -2.40. The average Bonchev–Trinajstić information content (AvgIpc) is 2.74. The van der Waals surface area contributed by atoms with E-state index in [2.05, 4.69) is 10.3 Å². The number of benzene rings is 1. The normalized spacial score (nSPS) is 15.2. The monoisotopic (exact) mass is 488 g/mol. The van der Waals surface area contributed by atoms with Crippen LogP contribution in [0.1, 0.15) is 28.4 Å². The molecule has 13 heteroatoms. The van der Waals surface area contributed by atoms with Crippen LogP contribution in [0.25, 0.3) is 0 Å². The molecule has 0 bridgehead atoms. The Morgan fingerprint density at radius 3 is 2.38 bits per heavy atom. The first kappa shape index (κ1) is 24.9. The van der Waals surface area contributed by atoms with Gasteiger partial charge in [0.25, 0.3) is 5.91 Å². The van der Waals surface area contributed by atoms with Crippen LogP contribution in [0.2, 0.25) is 0 Å². The third-order valence-corrected chi connectivity index (χ3v) is 5.03. The molecular weight excluding hydrogens is 470 g/mol. The van der Waals surface area contributed by atoms with Crippen LogP contribution < -0.4 is 14.8 Å². The van der Waals surface area contributed by atoms with Gasteiger partial charge in [-0.3, -0.25) is 4.79 Å². The van der Waals surface area contributed by atoms with E-state index < -0.39 is 35.7 Å². The van der Waals surface area contributed by atoms with Crippen molar-refractivity contribution in [1.29, 1.82) is 5.26 Å². The molecule has 1 fully saturated rings. The fourth-order valence-electron chi connectivity index (χ4n) is 3.17. The predicted molar refractivity (Wildman–Crippen MR) is 106 cm³/mol. The number of pyridine rings is 1. The summed E-state index contributed by atoms with van der Waals surface area (Å²) in [5.74, 6) is -1.18. The van der Waals surface area contributed by atoms with Crippen molar-refractivity contribution < 1.29 is 40.6 Å². The number of anilines is 1. The minimum absolute atomic E-state index is 0.0676. The highest BCUT2D eigenvalue weighted by Crippen LogP contribution is 2.36. The summed E-state index contributed by atoms with van der Waals surface area (Å²) in [5.41, 5.74) is -1.31. The molecule has 2 aromatic rings. The molecule has 1 amide bonds. The second-order valence-corrected chi connectivity index (χ2v) is 7.41. The van der Waals surface area contributed by atoms with Crippen molar-refractivity contribution in [1.82, 2.24) is 9.88 Å². The molecule has 1 aliphatic rings. The van der Waals surface area contributed by atoms with E-state index in [-0.39, 0.29) is 41.8 Å². The van der Waals surface area contributed by atoms with E-state index in [0.717, 1.165) is 25.1 Å². The lowest BCUT2D eigenvalue weighted by atomic mass is 10.0. The zero-order valence-electron chi connectivity index (χ0n) is 17.8. The van der Waals surface area contributed by atoms with Gasteiger partial charge in [-0.25, -0.2) is 4.98 Å². The lowest BCUT2D eigenvalue weighted by molar-refractivity contribution is -0.189. The predicted octanol–water partition coefficient (Wildman–Crippen LogP) is 4.25. The van der Waals surface area contributed by atoms with Gasteiger partial charge in [0.05, 0.1) is 24.3 Å². The lowest BCUT2D eigenvalue weighted by Crippen LogP contribution is -2.57. The zero-order chi connectivity index (χ0) is 25.3. The van der Waals surface area contributed by atoms with Gasteiger partial charge in [0.15, 0.2) is 11.9 Å². The van der Waals surface area contributed by atoms with E-state index in [0.29, 0.717) is 6.20 Å². The fourth-order valence-corrected chi connectivity index (χ4v) is 3.17. The Labute approximate surface area is 189 Å². The standard InChI is InChI=1S/C21H18F6N4O3/c1-11(20(22,23)24)34-15-5-3-12(7-28)18(33-2)17(15)19(32)31-9-14(10-31)30-16-6-4-13(8-29-16)21(25,26)27/h3-6,8,11,14H,9-10H2,1-2H3,(H,29,30). The molecular formula is C21H18F6N4O3. The Balaban J connectivity index is 1.76. The highest BCUT2D eigenvalue weighted by atomic mass is 19.4. The van der Waals surface area contributed by atoms with Crippen LogP contribution >= 0.6 is 0 Å². The summed E-state index contributed by atoms with van der Waals surface area (Å²) < 4.78 is 87.0. The van der Waals surface area contributed by atoms with Gasteiger partial charge in [-0.15, -0.1) is 0 Å². The third kappa shape index (κ3) is 5.27. The van der Waals surface area contributed by atoms with Crippen LogP contribution in [0.3, 0.4) is 0 Å². The number of halogens is 6. The van der Waals surface area contributed by atoms with Gasteiger partial charge in [0, 0.05) is 19.3 Å². The number of likely N-dealkylation sites (tertiary alicyclic amines) is 1. The molecule has 0 radical (unpaired) electrons. The Hall–Kier alpha value is -3.69. The average molecular weight is 488 g/mol. The number of hydrogen-bond acceptors (Lipinski definition) is 6. The number of methoxy groups -OCH3 is 1. The van der Waals surface area contributed by atoms with Gasteiger partial charge in [-0.2, -0.15) is 31.6 Å². The number of aromatic nitrogens is 1. The Morgan fingerprint density at radius 1 is 1.21 bits per heavy atom. The van der Waals surface area contributed by atoms with Gasteiger partial charge >= 0.3 is 12.4 Å². The molecule has 0 spiro atoms. The van der Waals surface area contributed by atoms with Crippen LogP contribution in [-0.4, -0.2) is 54.3 Å². The molecule has 1 saturated heterocycles. The summed E-state index contributed by atoms with van der Waals surface area (Å²) in [5, 5.41) is 12.2. The van der Waals surface area contributed by atoms with Crippen molar-refractivity contribution in [2.24, 2.45) is 0 Å². The number of ether oxygens (including phenoxy) is 2. The quantitative estimate of drug-likeness (QED) is 0.612. The number of nitriles is 1. The Bertz CT molecular complexity index is 1090. The van der Waals surface area contributed by atoms with Crippen molar-refractivity contribution in [3.8, 4) is 17.6 Å². The summed E-state index contributed by atoms with van der Waals surface area (Å²) in [4.78, 5) is 18.1. The maximum absolute atomic E-state index is 13.1. The number of rotatable bonds is 6. The minimum Gasteiger partial charge on any atom is -0.494 e. The molecule has 1 atom stereocenters. The van der Waals surface area contributed by atoms with Crippen molar-refractivity contribution >= 4 is 11.7 Å². The number of nitrogens with zero attached hydrogens (tertiary/aromatic N) is 3. The van der Waals surface area contributed by atoms with E-state index in [1.807, 2.05) is 6.07 Å². The largest absolute Gasteiger partial charge is 0.494 e. The second-order valence-electron chi connectivity index (χ2n) is 7.41. The van der Waals surface area contributed by atoms with Crippen molar-refractivity contribution in [3.63, 3.8) is 0 Å². The van der Waals surface area contributed by atoms with Crippen LogP contribution in [0.4, 0.5) is 32.2 Å². The molecule has 1 N–H and O–H groups in total. The summed E-state index contributed by atoms with van der Waals surface area (Å²) in [7, 11) is 1.17. The summed E-state index contributed by atoms with van der Waals surface area (Å²) in [6.07, 6.45) is -10.8. The molecule has 182 valence electrons. The molecule has 0 saturated carbocycles. The smallest absolute Gasteiger partial charge is 0.425 e. The Kier molecular flexibility index (Phi) is 6.81. The molecule has 1 aromatic carbocycles. The number of alkyl halides is 6.